The Hall–Kier alpha value is -1.42. The molecule has 0 rings (SSSR count). The Kier molecular flexibility index (Phi) is 242. The Morgan fingerprint density at radius 3 is 0.923 bits per heavy atom. The molecule has 0 aromatic carbocycles. The molecule has 0 aromatic heterocycles. The van der Waals surface area contributed by atoms with Crippen molar-refractivity contribution in [2.24, 2.45) is 10.7 Å². The molecule has 0 heterocycles. The van der Waals surface area contributed by atoms with E-state index in [-0.39, 0.29) is 32.7 Å². The van der Waals surface area contributed by atoms with Gasteiger partial charge in [-0.15, -0.1) is 10.7 Å². The van der Waals surface area contributed by atoms with E-state index in [2.05, 4.69) is 0 Å². The summed E-state index contributed by atoms with van der Waals surface area (Å²) in [6.45, 7) is 0. The molecule has 86 valence electrons. The van der Waals surface area contributed by atoms with E-state index in [0.717, 1.165) is 10.7 Å². The van der Waals surface area contributed by atoms with Crippen molar-refractivity contribution in [1.29, 1.82) is 0 Å². The number of hydrogen-bond donors (Lipinski definition) is 2. The van der Waals surface area contributed by atoms with Crippen LogP contribution in [0.5, 0.6) is 0 Å². The zero-order valence-electron chi connectivity index (χ0n) is 5.93. The van der Waals surface area contributed by atoms with Crippen LogP contribution in [0.25, 0.3) is 0 Å². The van der Waals surface area contributed by atoms with E-state index in [9.17, 15) is 0 Å². The fourth-order valence-corrected chi connectivity index (χ4v) is 0. The van der Waals surface area contributed by atoms with Gasteiger partial charge in [0.1, 0.15) is 0 Å². The monoisotopic (exact) mass is 294 g/mol. The average molecular weight is 294 g/mol. The van der Waals surface area contributed by atoms with Crippen molar-refractivity contribution in [2.45, 2.75) is 0 Å². The molecular formula is H6N5O7Pd-3. The Bertz CT molecular complexity index is 84.9. The van der Waals surface area contributed by atoms with Gasteiger partial charge >= 0.3 is 0 Å². The van der Waals surface area contributed by atoms with Crippen LogP contribution in [-0.4, -0.2) is 5.09 Å². The maximum Gasteiger partial charge on any atom is 0.0689 e. The second-order valence-electron chi connectivity index (χ2n) is 0.373. The minimum atomic E-state index is -1.75. The van der Waals surface area contributed by atoms with Crippen LogP contribution in [0, 0.1) is 35.6 Å². The molecular weight excluding hydrogens is 288 g/mol. The van der Waals surface area contributed by atoms with E-state index in [0.29, 0.717) is 0 Å². The average Bonchev–Trinajstić information content (AvgIpc) is 1.65. The van der Waals surface area contributed by atoms with E-state index in [1.807, 2.05) is 0 Å². The third kappa shape index (κ3) is 388. The van der Waals surface area contributed by atoms with E-state index in [1.165, 1.54) is 0 Å². The molecule has 6 N–H and O–H groups in total. The Morgan fingerprint density at radius 2 is 0.923 bits per heavy atom. The fourth-order valence-electron chi connectivity index (χ4n) is 0. The van der Waals surface area contributed by atoms with Crippen LogP contribution >= 0.6 is 0 Å². The molecule has 0 aromatic rings. The van der Waals surface area contributed by atoms with Crippen molar-refractivity contribution in [1.82, 2.24) is 12.3 Å². The van der Waals surface area contributed by atoms with E-state index in [4.69, 9.17) is 35.6 Å². The molecule has 0 saturated carbocycles. The largest absolute Gasteiger partial charge is 0.444 e. The summed E-state index contributed by atoms with van der Waals surface area (Å²) >= 11 is 0. The molecule has 13 heavy (non-hydrogen) atoms. The summed E-state index contributed by atoms with van der Waals surface area (Å²) in [7, 11) is 0. The molecule has 13 heteroatoms. The number of rotatable bonds is 0. The van der Waals surface area contributed by atoms with Crippen molar-refractivity contribution in [3.05, 3.63) is 35.6 Å². The molecule has 0 aliphatic rings. The fraction of sp³-hybridized carbons (Fsp3) is 0. The maximum absolute atomic E-state index is 8.25. The molecule has 0 amide bonds. The smallest absolute Gasteiger partial charge is 0.0689 e. The summed E-state index contributed by atoms with van der Waals surface area (Å²) in [5, 5.41) is 32.8. The van der Waals surface area contributed by atoms with E-state index in [1.54, 1.807) is 0 Å². The first-order chi connectivity index (χ1) is 4.56. The van der Waals surface area contributed by atoms with Gasteiger partial charge in [-0.1, -0.05) is 0 Å². The first-order valence-electron chi connectivity index (χ1n) is 1.28. The van der Waals surface area contributed by atoms with Crippen LogP contribution in [0.1, 0.15) is 0 Å². The summed E-state index contributed by atoms with van der Waals surface area (Å²) < 4.78 is 0. The van der Waals surface area contributed by atoms with Crippen molar-refractivity contribution >= 4 is 0 Å². The summed E-state index contributed by atoms with van der Waals surface area (Å²) in [4.78, 5) is 24.2. The molecule has 0 bridgehead atoms. The number of hydrogen-bond acceptors (Lipinski definition) is 11. The van der Waals surface area contributed by atoms with Gasteiger partial charge in [-0.3, -0.25) is 0 Å². The normalized spacial score (nSPS) is 3.69. The van der Waals surface area contributed by atoms with Gasteiger partial charge in [-0.2, -0.15) is 0 Å². The van der Waals surface area contributed by atoms with Crippen molar-refractivity contribution in [2.75, 3.05) is 0 Å². The number of nitrogens with zero attached hydrogens (tertiary/aromatic N) is 3. The van der Waals surface area contributed by atoms with Gasteiger partial charge in [0.15, 0.2) is 0 Å². The molecule has 0 saturated heterocycles. The van der Waals surface area contributed by atoms with Gasteiger partial charge in [-0.05, 0) is 0 Å². The molecule has 0 unspecified atom stereocenters. The minimum Gasteiger partial charge on any atom is -0.444 e. The van der Waals surface area contributed by atoms with Crippen molar-refractivity contribution < 1.29 is 25.5 Å². The van der Waals surface area contributed by atoms with E-state index >= 15 is 0 Å². The molecule has 0 aliphatic carbocycles. The van der Waals surface area contributed by atoms with E-state index < -0.39 is 5.09 Å². The quantitative estimate of drug-likeness (QED) is 0.274. The van der Waals surface area contributed by atoms with Crippen LogP contribution in [-0.2, 0) is 20.4 Å². The van der Waals surface area contributed by atoms with Crippen LogP contribution in [0.15, 0.2) is 10.7 Å². The van der Waals surface area contributed by atoms with Crippen LogP contribution in [0.4, 0.5) is 0 Å². The summed E-state index contributed by atoms with van der Waals surface area (Å²) in [6, 6.07) is 0. The third-order valence-corrected chi connectivity index (χ3v) is 0. The predicted molar refractivity (Wildman–Crippen MR) is 38.7 cm³/mol. The first-order valence-corrected chi connectivity index (χ1v) is 1.28. The van der Waals surface area contributed by atoms with Gasteiger partial charge in [-0.25, -0.2) is 0 Å². The Morgan fingerprint density at radius 1 is 0.923 bits per heavy atom. The Labute approximate surface area is 84.7 Å². The minimum absolute atomic E-state index is 0. The van der Waals surface area contributed by atoms with Crippen LogP contribution in [0.2, 0.25) is 0 Å². The van der Waals surface area contributed by atoms with Gasteiger partial charge in [0.05, 0.1) is 5.09 Å². The second-order valence-corrected chi connectivity index (χ2v) is 0.373. The zero-order chi connectivity index (χ0) is 8.99. The van der Waals surface area contributed by atoms with Crippen LogP contribution < -0.4 is 12.3 Å². The molecule has 0 spiro atoms. The SMILES string of the molecule is N.N.O=N[O-].O=N[O-].O=[N+]([O-])[O-].[Pd]. The second kappa shape index (κ2) is 75.7. The molecule has 0 fully saturated rings. The van der Waals surface area contributed by atoms with Gasteiger partial charge < -0.3 is 47.9 Å². The molecule has 12 nitrogen and oxygen atoms in total. The van der Waals surface area contributed by atoms with Crippen molar-refractivity contribution in [3.8, 4) is 0 Å². The summed E-state index contributed by atoms with van der Waals surface area (Å²) in [6.07, 6.45) is 0. The van der Waals surface area contributed by atoms with Gasteiger partial charge in [0.2, 0.25) is 0 Å². The van der Waals surface area contributed by atoms with Crippen molar-refractivity contribution in [3.63, 3.8) is 0 Å². The third-order valence-electron chi connectivity index (χ3n) is 0. The predicted octanol–water partition coefficient (Wildman–Crippen LogP) is 0.584. The zero-order valence-corrected chi connectivity index (χ0v) is 7.48. The molecule has 0 aliphatic heterocycles. The maximum atomic E-state index is 8.25. The summed E-state index contributed by atoms with van der Waals surface area (Å²) in [5.41, 5.74) is 0. The topological polar surface area (TPSA) is 241 Å². The molecule has 0 radical (unpaired) electrons. The molecule has 0 atom stereocenters. The van der Waals surface area contributed by atoms with Gasteiger partial charge in [0.25, 0.3) is 0 Å². The standard InChI is InChI=1S/NO3.2HNO2.2H3N.Pd/c2-1(3)4;2*2-1-3;;;/h;2*(H,2,3);2*1H3;/q-1;;;;;/p-2. The van der Waals surface area contributed by atoms with Crippen LogP contribution in [0.3, 0.4) is 0 Å². The first kappa shape index (κ1) is 41.6. The summed E-state index contributed by atoms with van der Waals surface area (Å²) in [5.74, 6) is 0. The van der Waals surface area contributed by atoms with Gasteiger partial charge in [0, 0.05) is 20.4 Å². The Balaban J connectivity index is -0.0000000128.